The van der Waals surface area contributed by atoms with E-state index in [1.165, 1.54) is 109 Å². The monoisotopic (exact) mass is 581 g/mol. The van der Waals surface area contributed by atoms with Crippen molar-refractivity contribution >= 4 is 27.8 Å². The van der Waals surface area contributed by atoms with Crippen LogP contribution in [0, 0.1) is 13.8 Å². The lowest BCUT2D eigenvalue weighted by Gasteiger charge is -2.31. The second kappa shape index (κ2) is 9.44. The largest absolute Gasteiger partial charge is 0.310 e. The predicted octanol–water partition coefficient (Wildman–Crippen LogP) is 12.1. The summed E-state index contributed by atoms with van der Waals surface area (Å²) in [6.07, 6.45) is 5.06. The quantitative estimate of drug-likeness (QED) is 0.201. The highest BCUT2D eigenvalue weighted by Crippen LogP contribution is 2.58. The molecule has 0 unspecified atom stereocenters. The second-order valence-corrected chi connectivity index (χ2v) is 14.3. The molecule has 0 amide bonds. The average molecular weight is 582 g/mol. The van der Waals surface area contributed by atoms with E-state index in [-0.39, 0.29) is 10.8 Å². The van der Waals surface area contributed by atoms with Crippen molar-refractivity contribution in [2.75, 3.05) is 4.90 Å². The fraction of sp³-hybridized carbons (Fsp3) is 0.227. The Kier molecular flexibility index (Phi) is 5.61. The Morgan fingerprint density at radius 2 is 1.11 bits per heavy atom. The molecular weight excluding hydrogens is 542 g/mol. The molecule has 45 heavy (non-hydrogen) atoms. The molecule has 3 aliphatic rings. The van der Waals surface area contributed by atoms with E-state index in [2.05, 4.69) is 148 Å². The van der Waals surface area contributed by atoms with Gasteiger partial charge in [-0.2, -0.15) is 0 Å². The van der Waals surface area contributed by atoms with Crippen molar-refractivity contribution in [3.8, 4) is 22.3 Å². The molecule has 9 rings (SSSR count). The van der Waals surface area contributed by atoms with Gasteiger partial charge in [-0.15, -0.1) is 0 Å². The lowest BCUT2D eigenvalue weighted by atomic mass is 9.76. The molecule has 1 nitrogen and oxygen atoms in total. The highest BCUT2D eigenvalue weighted by atomic mass is 15.1. The number of hydrogen-bond donors (Lipinski definition) is 0. The Morgan fingerprint density at radius 1 is 0.511 bits per heavy atom. The van der Waals surface area contributed by atoms with E-state index in [9.17, 15) is 0 Å². The highest BCUT2D eigenvalue weighted by molar-refractivity contribution is 6.01. The van der Waals surface area contributed by atoms with Crippen molar-refractivity contribution in [1.82, 2.24) is 0 Å². The Bertz CT molecular complexity index is 2170. The first-order valence-electron chi connectivity index (χ1n) is 16.7. The van der Waals surface area contributed by atoms with E-state index in [1.54, 1.807) is 0 Å². The topological polar surface area (TPSA) is 3.24 Å². The predicted molar refractivity (Wildman–Crippen MR) is 190 cm³/mol. The first-order valence-corrected chi connectivity index (χ1v) is 16.7. The van der Waals surface area contributed by atoms with Gasteiger partial charge in [-0.3, -0.25) is 0 Å². The molecular formula is C44H39N. The van der Waals surface area contributed by atoms with Crippen LogP contribution in [0.25, 0.3) is 33.0 Å². The summed E-state index contributed by atoms with van der Waals surface area (Å²) in [4.78, 5) is 2.55. The lowest BCUT2D eigenvalue weighted by Crippen LogP contribution is -2.21. The summed E-state index contributed by atoms with van der Waals surface area (Å²) < 4.78 is 0. The summed E-state index contributed by atoms with van der Waals surface area (Å²) in [5.41, 5.74) is 17.8. The molecule has 6 aromatic carbocycles. The Balaban J connectivity index is 1.30. The van der Waals surface area contributed by atoms with Gasteiger partial charge < -0.3 is 4.90 Å². The fourth-order valence-corrected chi connectivity index (χ4v) is 9.29. The van der Waals surface area contributed by atoms with Gasteiger partial charge in [0.1, 0.15) is 0 Å². The maximum absolute atomic E-state index is 2.55. The number of hydrogen-bond acceptors (Lipinski definition) is 1. The van der Waals surface area contributed by atoms with Gasteiger partial charge in [0.05, 0.1) is 5.69 Å². The molecule has 1 heteroatoms. The smallest absolute Gasteiger partial charge is 0.0540 e. The molecule has 6 aromatic rings. The summed E-state index contributed by atoms with van der Waals surface area (Å²) >= 11 is 0. The summed E-state index contributed by atoms with van der Waals surface area (Å²) in [7, 11) is 0. The minimum absolute atomic E-state index is 0.0625. The molecule has 0 radical (unpaired) electrons. The molecule has 0 bridgehead atoms. The third kappa shape index (κ3) is 3.67. The average Bonchev–Trinajstić information content (AvgIpc) is 3.71. The summed E-state index contributed by atoms with van der Waals surface area (Å²) in [6, 6.07) is 44.2. The standard InChI is InChI=1S/C44H39N/c1-28-24-29(2)32-14-11-17-42(37(32)25-28)45(30-18-20-35-33-12-5-7-15-38(33)43(3,4)40(35)26-30)31-19-21-36-34-13-6-8-16-39(34)44(41(36)27-31)22-9-10-23-44/h5-8,11-21,24-27H,9-10,22-23H2,1-4H3. The Labute approximate surface area is 267 Å². The molecule has 220 valence electrons. The molecule has 0 aromatic heterocycles. The molecule has 0 N–H and O–H groups in total. The maximum Gasteiger partial charge on any atom is 0.0540 e. The maximum atomic E-state index is 2.55. The lowest BCUT2D eigenvalue weighted by molar-refractivity contribution is 0.550. The summed E-state index contributed by atoms with van der Waals surface area (Å²) in [6.45, 7) is 9.23. The van der Waals surface area contributed by atoms with Gasteiger partial charge in [0.25, 0.3) is 0 Å². The van der Waals surface area contributed by atoms with Crippen LogP contribution >= 0.6 is 0 Å². The fourth-order valence-electron chi connectivity index (χ4n) is 9.29. The van der Waals surface area contributed by atoms with Gasteiger partial charge in [-0.1, -0.05) is 111 Å². The SMILES string of the molecule is Cc1cc(C)c2cccc(N(c3ccc4c(c3)C(C)(C)c3ccccc3-4)c3ccc4c(c3)C3(CCCC3)c3ccccc3-4)c2c1. The first kappa shape index (κ1) is 26.8. The minimum atomic E-state index is -0.0625. The third-order valence-corrected chi connectivity index (χ3v) is 11.4. The zero-order valence-electron chi connectivity index (χ0n) is 26.7. The number of aryl methyl sites for hydroxylation is 2. The Morgan fingerprint density at radius 3 is 1.84 bits per heavy atom. The van der Waals surface area contributed by atoms with E-state index < -0.39 is 0 Å². The van der Waals surface area contributed by atoms with Crippen LogP contribution in [0.3, 0.4) is 0 Å². The van der Waals surface area contributed by atoms with Gasteiger partial charge in [0.2, 0.25) is 0 Å². The van der Waals surface area contributed by atoms with Gasteiger partial charge in [0, 0.05) is 27.6 Å². The number of benzene rings is 6. The van der Waals surface area contributed by atoms with E-state index in [0.29, 0.717) is 0 Å². The van der Waals surface area contributed by atoms with Crippen LogP contribution in [0.1, 0.15) is 72.9 Å². The molecule has 3 aliphatic carbocycles. The molecule has 1 saturated carbocycles. The molecule has 0 saturated heterocycles. The number of nitrogens with zero attached hydrogens (tertiary/aromatic N) is 1. The van der Waals surface area contributed by atoms with E-state index in [4.69, 9.17) is 0 Å². The molecule has 0 atom stereocenters. The second-order valence-electron chi connectivity index (χ2n) is 14.3. The van der Waals surface area contributed by atoms with Gasteiger partial charge in [-0.25, -0.2) is 0 Å². The van der Waals surface area contributed by atoms with Gasteiger partial charge in [0.15, 0.2) is 0 Å². The third-order valence-electron chi connectivity index (χ3n) is 11.4. The van der Waals surface area contributed by atoms with Crippen molar-refractivity contribution in [2.24, 2.45) is 0 Å². The highest BCUT2D eigenvalue weighted by Gasteiger charge is 2.45. The van der Waals surface area contributed by atoms with Crippen molar-refractivity contribution in [3.05, 3.63) is 149 Å². The zero-order chi connectivity index (χ0) is 30.5. The van der Waals surface area contributed by atoms with Crippen LogP contribution in [0.4, 0.5) is 17.1 Å². The molecule has 1 fully saturated rings. The van der Waals surface area contributed by atoms with Crippen LogP contribution in [0.2, 0.25) is 0 Å². The number of rotatable bonds is 3. The molecule has 0 heterocycles. The van der Waals surface area contributed by atoms with Gasteiger partial charge >= 0.3 is 0 Å². The van der Waals surface area contributed by atoms with E-state index in [1.807, 2.05) is 0 Å². The molecule has 0 aliphatic heterocycles. The normalized spacial score (nSPS) is 16.4. The van der Waals surface area contributed by atoms with Crippen LogP contribution in [0.5, 0.6) is 0 Å². The first-order chi connectivity index (χ1) is 21.9. The van der Waals surface area contributed by atoms with Crippen LogP contribution in [-0.2, 0) is 10.8 Å². The van der Waals surface area contributed by atoms with Crippen molar-refractivity contribution in [2.45, 2.75) is 64.2 Å². The summed E-state index contributed by atoms with van der Waals surface area (Å²) in [5.74, 6) is 0. The van der Waals surface area contributed by atoms with Gasteiger partial charge in [-0.05, 0) is 119 Å². The van der Waals surface area contributed by atoms with Crippen molar-refractivity contribution in [1.29, 1.82) is 0 Å². The zero-order valence-corrected chi connectivity index (χ0v) is 26.7. The van der Waals surface area contributed by atoms with Crippen LogP contribution < -0.4 is 4.90 Å². The van der Waals surface area contributed by atoms with Crippen LogP contribution in [-0.4, -0.2) is 0 Å². The molecule has 1 spiro atoms. The van der Waals surface area contributed by atoms with E-state index >= 15 is 0 Å². The van der Waals surface area contributed by atoms with Crippen molar-refractivity contribution in [3.63, 3.8) is 0 Å². The van der Waals surface area contributed by atoms with Crippen LogP contribution in [0.15, 0.2) is 115 Å². The number of anilines is 3. The Hall–Kier alpha value is -4.62. The minimum Gasteiger partial charge on any atom is -0.310 e. The van der Waals surface area contributed by atoms with Crippen molar-refractivity contribution < 1.29 is 0 Å². The van der Waals surface area contributed by atoms with E-state index in [0.717, 1.165) is 0 Å². The summed E-state index contributed by atoms with van der Waals surface area (Å²) in [5, 5.41) is 2.62. The number of fused-ring (bicyclic) bond motifs is 9.